The summed E-state index contributed by atoms with van der Waals surface area (Å²) in [5, 5.41) is 107. The van der Waals surface area contributed by atoms with Gasteiger partial charge in [-0.05, 0) is 0 Å². The molecule has 4 atom stereocenters. The highest BCUT2D eigenvalue weighted by molar-refractivity contribution is 4.79. The highest BCUT2D eigenvalue weighted by atomic mass is 16.9. The number of aliphatic hydroxyl groups is 6. The van der Waals surface area contributed by atoms with E-state index in [4.69, 9.17) is 91.9 Å². The Morgan fingerprint density at radius 1 is 0.536 bits per heavy atom. The maximum Gasteiger partial charge on any atom is 0.291 e. The quantitative estimate of drug-likeness (QED) is 0.143. The van der Waals surface area contributed by atoms with Gasteiger partial charge >= 0.3 is 0 Å². The van der Waals surface area contributed by atoms with Gasteiger partial charge < -0.3 is 51.5 Å². The Hall–Kier alpha value is -3.44. The molecular formula is C6H18N4O18. The minimum absolute atomic E-state index is 0.726. The van der Waals surface area contributed by atoms with E-state index in [0.717, 1.165) is 0 Å². The number of hydrogen-bond acceptors (Lipinski definition) is 14. The number of nitrogens with zero attached hydrogens (tertiary/aromatic N) is 4. The average Bonchev–Trinajstić information content (AvgIpc) is 2.49. The first-order valence-corrected chi connectivity index (χ1v) is 5.74. The second kappa shape index (κ2) is 23.6. The smallest absolute Gasteiger partial charge is 0.291 e. The number of rotatable bonds is 5. The van der Waals surface area contributed by atoms with Crippen LogP contribution >= 0.6 is 0 Å². The van der Waals surface area contributed by atoms with Gasteiger partial charge in [0.05, 0.1) is 13.2 Å². The van der Waals surface area contributed by atoms with Crippen LogP contribution in [-0.2, 0) is 0 Å². The Labute approximate surface area is 151 Å². The fourth-order valence-electron chi connectivity index (χ4n) is 0.671. The topological polar surface area (TPSA) is 375 Å². The molecule has 0 aromatic rings. The zero-order valence-corrected chi connectivity index (χ0v) is 13.3. The molecule has 0 aromatic carbocycles. The van der Waals surface area contributed by atoms with Gasteiger partial charge in [0.15, 0.2) is 0 Å². The molecule has 0 aliphatic carbocycles. The minimum Gasteiger partial charge on any atom is -0.394 e. The summed E-state index contributed by atoms with van der Waals surface area (Å²) in [6.07, 6.45) is -6.39. The molecule has 0 radical (unpaired) electrons. The van der Waals surface area contributed by atoms with Crippen molar-refractivity contribution in [2.75, 3.05) is 13.2 Å². The van der Waals surface area contributed by atoms with Crippen LogP contribution in [0.1, 0.15) is 0 Å². The summed E-state index contributed by atoms with van der Waals surface area (Å²) in [7, 11) is 0. The van der Waals surface area contributed by atoms with Crippen LogP contribution in [0.4, 0.5) is 0 Å². The van der Waals surface area contributed by atoms with Crippen molar-refractivity contribution in [2.45, 2.75) is 24.4 Å². The molecule has 0 aliphatic heterocycles. The predicted octanol–water partition coefficient (Wildman–Crippen LogP) is -4.98. The maximum absolute atomic E-state index is 8.96. The fraction of sp³-hybridized carbons (Fsp3) is 1.00. The lowest BCUT2D eigenvalue weighted by Crippen LogP contribution is -2.46. The Morgan fingerprint density at radius 3 is 0.714 bits per heavy atom. The first-order valence-electron chi connectivity index (χ1n) is 5.74. The van der Waals surface area contributed by atoms with Gasteiger partial charge in [0, 0.05) is 0 Å². The summed E-state index contributed by atoms with van der Waals surface area (Å²) < 4.78 is 0. The van der Waals surface area contributed by atoms with Crippen molar-refractivity contribution in [1.82, 2.24) is 0 Å². The van der Waals surface area contributed by atoms with Crippen molar-refractivity contribution in [3.8, 4) is 0 Å². The first kappa shape index (κ1) is 35.6. The van der Waals surface area contributed by atoms with E-state index in [1.807, 2.05) is 0 Å². The van der Waals surface area contributed by atoms with Crippen LogP contribution in [0.3, 0.4) is 0 Å². The molecule has 0 aromatic heterocycles. The maximum atomic E-state index is 8.96. The molecule has 0 unspecified atom stereocenters. The van der Waals surface area contributed by atoms with E-state index in [1.54, 1.807) is 0 Å². The lowest BCUT2D eigenvalue weighted by molar-refractivity contribution is -0.742. The summed E-state index contributed by atoms with van der Waals surface area (Å²) >= 11 is 0. The van der Waals surface area contributed by atoms with E-state index in [9.17, 15) is 0 Å². The molecule has 22 nitrogen and oxygen atoms in total. The fourth-order valence-corrected chi connectivity index (χ4v) is 0.671. The zero-order valence-electron chi connectivity index (χ0n) is 13.3. The molecule has 28 heavy (non-hydrogen) atoms. The van der Waals surface area contributed by atoms with Crippen LogP contribution < -0.4 is 0 Å². The molecule has 0 saturated heterocycles. The summed E-state index contributed by atoms with van der Waals surface area (Å²) in [5.74, 6) is 0. The van der Waals surface area contributed by atoms with Crippen molar-refractivity contribution in [3.05, 3.63) is 40.5 Å². The van der Waals surface area contributed by atoms with Gasteiger partial charge in [0.25, 0.3) is 20.3 Å². The molecule has 10 N–H and O–H groups in total. The standard InChI is InChI=1S/C6H14O6.4HNO3/c7-1-3(9)5(11)6(12)4(10)2-8;4*2-1(3)4/h3-12H,1-2H2;4*(H,2,3,4)/t3-,4-,5-,6-;;;;/m1..../s1. The lowest BCUT2D eigenvalue weighted by atomic mass is 10.0. The number of hydrogen-bond donors (Lipinski definition) is 10. The van der Waals surface area contributed by atoms with E-state index in [1.165, 1.54) is 0 Å². The third-order valence-electron chi connectivity index (χ3n) is 1.51. The number of aliphatic hydroxyl groups excluding tert-OH is 6. The molecule has 0 fully saturated rings. The van der Waals surface area contributed by atoms with Crippen LogP contribution in [0.25, 0.3) is 0 Å². The molecule has 0 bridgehead atoms. The molecule has 0 rings (SSSR count). The van der Waals surface area contributed by atoms with E-state index >= 15 is 0 Å². The molecule has 0 heterocycles. The Bertz CT molecular complexity index is 341. The van der Waals surface area contributed by atoms with Crippen LogP contribution in [0.15, 0.2) is 0 Å². The zero-order chi connectivity index (χ0) is 24.0. The second-order valence-electron chi connectivity index (χ2n) is 3.43. The van der Waals surface area contributed by atoms with Crippen molar-refractivity contribution < 1.29 is 71.8 Å². The summed E-state index contributed by atoms with van der Waals surface area (Å²) in [5.41, 5.74) is 0. The molecule has 22 heteroatoms. The minimum atomic E-state index is -1.67. The van der Waals surface area contributed by atoms with E-state index in [0.29, 0.717) is 0 Å². The van der Waals surface area contributed by atoms with Gasteiger partial charge in [-0.2, -0.15) is 0 Å². The van der Waals surface area contributed by atoms with Crippen LogP contribution in [-0.4, -0.2) is 109 Å². The van der Waals surface area contributed by atoms with E-state index < -0.39 is 58.0 Å². The van der Waals surface area contributed by atoms with Gasteiger partial charge in [0.2, 0.25) is 0 Å². The predicted molar refractivity (Wildman–Crippen MR) is 73.3 cm³/mol. The highest BCUT2D eigenvalue weighted by Gasteiger charge is 2.29. The lowest BCUT2D eigenvalue weighted by Gasteiger charge is -2.24. The molecule has 0 aliphatic rings. The van der Waals surface area contributed by atoms with Gasteiger partial charge in [0.1, 0.15) is 24.4 Å². The summed E-state index contributed by atoms with van der Waals surface area (Å²) in [6.45, 7) is -1.45. The molecule has 0 amide bonds. The molecule has 0 spiro atoms. The van der Waals surface area contributed by atoms with Gasteiger partial charge in [-0.15, -0.1) is 40.5 Å². The normalized spacial score (nSPS) is 12.6. The molecular weight excluding hydrogens is 416 g/mol. The third kappa shape index (κ3) is 66.5. The van der Waals surface area contributed by atoms with Gasteiger partial charge in [-0.3, -0.25) is 0 Å². The molecule has 170 valence electrons. The van der Waals surface area contributed by atoms with E-state index in [-0.39, 0.29) is 0 Å². The highest BCUT2D eigenvalue weighted by Crippen LogP contribution is 2.03. The van der Waals surface area contributed by atoms with Crippen molar-refractivity contribution >= 4 is 0 Å². The van der Waals surface area contributed by atoms with Crippen molar-refractivity contribution in [2.24, 2.45) is 0 Å². The van der Waals surface area contributed by atoms with Crippen molar-refractivity contribution in [3.63, 3.8) is 0 Å². The second-order valence-corrected chi connectivity index (χ2v) is 3.43. The Balaban J connectivity index is -0.0000000910. The van der Waals surface area contributed by atoms with Crippen LogP contribution in [0.2, 0.25) is 0 Å². The largest absolute Gasteiger partial charge is 0.394 e. The monoisotopic (exact) mass is 434 g/mol. The summed E-state index contributed by atoms with van der Waals surface area (Å²) in [4.78, 5) is 33.4. The van der Waals surface area contributed by atoms with Crippen LogP contribution in [0, 0.1) is 40.5 Å². The summed E-state index contributed by atoms with van der Waals surface area (Å²) in [6, 6.07) is 0. The Morgan fingerprint density at radius 2 is 0.643 bits per heavy atom. The first-order chi connectivity index (χ1) is 12.5. The third-order valence-corrected chi connectivity index (χ3v) is 1.51. The Kier molecular flexibility index (Phi) is 30.0. The van der Waals surface area contributed by atoms with Gasteiger partial charge in [-0.1, -0.05) is 0 Å². The van der Waals surface area contributed by atoms with Crippen molar-refractivity contribution in [1.29, 1.82) is 0 Å². The van der Waals surface area contributed by atoms with Gasteiger partial charge in [-0.25, -0.2) is 0 Å². The van der Waals surface area contributed by atoms with E-state index in [2.05, 4.69) is 0 Å². The molecule has 0 saturated carbocycles. The SMILES string of the molecule is O=[N+]([O-])O.O=[N+]([O-])O.O=[N+]([O-])O.O=[N+]([O-])O.OC[C@@H](O)[C@@H](O)[C@H](O)[C@H](O)CO. The average molecular weight is 434 g/mol. The van der Waals surface area contributed by atoms with Crippen LogP contribution in [0.5, 0.6) is 0 Å².